The van der Waals surface area contributed by atoms with Crippen LogP contribution in [0.5, 0.6) is 0 Å². The van der Waals surface area contributed by atoms with Gasteiger partial charge in [-0.05, 0) is 38.4 Å². The Morgan fingerprint density at radius 1 is 1.30 bits per heavy atom. The minimum absolute atomic E-state index is 0.0350. The van der Waals surface area contributed by atoms with Crippen LogP contribution in [0.15, 0.2) is 35.7 Å². The van der Waals surface area contributed by atoms with Crippen LogP contribution in [-0.2, 0) is 6.54 Å². The van der Waals surface area contributed by atoms with Crippen molar-refractivity contribution in [2.24, 2.45) is 0 Å². The lowest BCUT2D eigenvalue weighted by molar-refractivity contribution is 0.0747. The molecule has 0 aliphatic carbocycles. The van der Waals surface area contributed by atoms with E-state index in [0.717, 1.165) is 36.5 Å². The molecule has 1 aliphatic heterocycles. The van der Waals surface area contributed by atoms with Crippen LogP contribution in [0, 0.1) is 0 Å². The zero-order valence-corrected chi connectivity index (χ0v) is 14.3. The van der Waals surface area contributed by atoms with E-state index in [-0.39, 0.29) is 5.91 Å². The maximum absolute atomic E-state index is 12.7. The Kier molecular flexibility index (Phi) is 5.41. The molecule has 1 N–H and O–H groups in total. The fraction of sp³-hybridized carbons (Fsp3) is 0.444. The predicted octanol–water partition coefficient (Wildman–Crippen LogP) is 3.27. The van der Waals surface area contributed by atoms with Crippen LogP contribution in [-0.4, -0.2) is 35.4 Å². The summed E-state index contributed by atoms with van der Waals surface area (Å²) in [4.78, 5) is 19.2. The Morgan fingerprint density at radius 2 is 2.04 bits per heavy atom. The molecule has 4 nitrogen and oxygen atoms in total. The number of carbonyl (C=O) groups is 1. The lowest BCUT2D eigenvalue weighted by Crippen LogP contribution is -2.30. The topological polar surface area (TPSA) is 45.2 Å². The zero-order chi connectivity index (χ0) is 16.1. The third-order valence-electron chi connectivity index (χ3n) is 4.31. The van der Waals surface area contributed by atoms with Gasteiger partial charge in [-0.25, -0.2) is 4.98 Å². The molecule has 0 saturated carbocycles. The number of piperidine rings is 1. The number of nitrogens with one attached hydrogen (secondary N) is 1. The summed E-state index contributed by atoms with van der Waals surface area (Å²) in [5.41, 5.74) is 1.75. The third-order valence-corrected chi connectivity index (χ3v) is 5.32. The summed E-state index contributed by atoms with van der Waals surface area (Å²) >= 11 is 1.63. The average Bonchev–Trinajstić information content (AvgIpc) is 3.11. The van der Waals surface area contributed by atoms with E-state index in [9.17, 15) is 4.79 Å². The van der Waals surface area contributed by atoms with Crippen molar-refractivity contribution in [1.29, 1.82) is 0 Å². The van der Waals surface area contributed by atoms with Crippen molar-refractivity contribution in [2.75, 3.05) is 19.6 Å². The molecule has 0 spiro atoms. The van der Waals surface area contributed by atoms with Gasteiger partial charge in [-0.15, -0.1) is 11.3 Å². The van der Waals surface area contributed by atoms with Crippen molar-refractivity contribution < 1.29 is 4.79 Å². The molecular formula is C18H23N3OS. The van der Waals surface area contributed by atoms with Crippen molar-refractivity contribution in [3.8, 4) is 0 Å². The number of benzene rings is 1. The Balaban J connectivity index is 1.69. The summed E-state index contributed by atoms with van der Waals surface area (Å²) in [6.45, 7) is 5.43. The average molecular weight is 329 g/mol. The summed E-state index contributed by atoms with van der Waals surface area (Å²) in [6.07, 6.45) is 2.23. The molecule has 0 radical (unpaired) electrons. The minimum atomic E-state index is 0.0350. The monoisotopic (exact) mass is 329 g/mol. The first-order valence-electron chi connectivity index (χ1n) is 8.27. The molecule has 3 rings (SSSR count). The predicted molar refractivity (Wildman–Crippen MR) is 93.8 cm³/mol. The second-order valence-corrected chi connectivity index (χ2v) is 6.79. The summed E-state index contributed by atoms with van der Waals surface area (Å²) in [6, 6.07) is 10.1. The first-order chi connectivity index (χ1) is 11.3. The van der Waals surface area contributed by atoms with E-state index in [0.29, 0.717) is 24.7 Å². The number of carbonyl (C=O) groups excluding carboxylic acids is 1. The van der Waals surface area contributed by atoms with Gasteiger partial charge in [-0.3, -0.25) is 4.79 Å². The van der Waals surface area contributed by atoms with Crippen molar-refractivity contribution >= 4 is 17.2 Å². The van der Waals surface area contributed by atoms with Crippen molar-refractivity contribution in [1.82, 2.24) is 15.2 Å². The van der Waals surface area contributed by atoms with E-state index >= 15 is 0 Å². The van der Waals surface area contributed by atoms with Crippen LogP contribution >= 0.6 is 11.3 Å². The minimum Gasteiger partial charge on any atom is -0.333 e. The molecule has 1 fully saturated rings. The number of thiazole rings is 1. The van der Waals surface area contributed by atoms with Crippen LogP contribution in [0.25, 0.3) is 0 Å². The van der Waals surface area contributed by atoms with Gasteiger partial charge in [0.15, 0.2) is 0 Å². The van der Waals surface area contributed by atoms with Gasteiger partial charge >= 0.3 is 0 Å². The van der Waals surface area contributed by atoms with Gasteiger partial charge in [0.25, 0.3) is 5.91 Å². The molecular weight excluding hydrogens is 306 g/mol. The van der Waals surface area contributed by atoms with Crippen molar-refractivity contribution in [3.05, 3.63) is 52.0 Å². The number of hydrogen-bond donors (Lipinski definition) is 1. The van der Waals surface area contributed by atoms with E-state index in [1.165, 1.54) is 0 Å². The smallest absolute Gasteiger partial charge is 0.273 e. The molecule has 122 valence electrons. The van der Waals surface area contributed by atoms with Crippen LogP contribution in [0.1, 0.15) is 46.7 Å². The van der Waals surface area contributed by atoms with Gasteiger partial charge in [0.2, 0.25) is 0 Å². The van der Waals surface area contributed by atoms with E-state index in [1.54, 1.807) is 11.3 Å². The standard InChI is InChI=1S/C18H23N3OS/c1-2-21(12-14-6-4-3-5-7-14)18(22)16-13-23-17(20-16)15-8-10-19-11-9-15/h3-7,13,15,19H,2,8-12H2,1H3. The fourth-order valence-electron chi connectivity index (χ4n) is 2.94. The largest absolute Gasteiger partial charge is 0.333 e. The second kappa shape index (κ2) is 7.70. The van der Waals surface area contributed by atoms with Gasteiger partial charge in [0, 0.05) is 24.4 Å². The molecule has 1 aromatic carbocycles. The molecule has 2 heterocycles. The molecule has 1 aromatic heterocycles. The van der Waals surface area contributed by atoms with E-state index in [4.69, 9.17) is 0 Å². The van der Waals surface area contributed by atoms with Gasteiger partial charge in [0.1, 0.15) is 5.69 Å². The zero-order valence-electron chi connectivity index (χ0n) is 13.5. The first-order valence-corrected chi connectivity index (χ1v) is 9.15. The molecule has 0 bridgehead atoms. The van der Waals surface area contributed by atoms with Gasteiger partial charge in [-0.2, -0.15) is 0 Å². The molecule has 5 heteroatoms. The summed E-state index contributed by atoms with van der Waals surface area (Å²) in [7, 11) is 0. The molecule has 1 saturated heterocycles. The molecule has 0 atom stereocenters. The molecule has 1 amide bonds. The molecule has 1 aliphatic rings. The number of nitrogens with zero attached hydrogens (tertiary/aromatic N) is 2. The molecule has 0 unspecified atom stereocenters. The number of aromatic nitrogens is 1. The van der Waals surface area contributed by atoms with Gasteiger partial charge < -0.3 is 10.2 Å². The lowest BCUT2D eigenvalue weighted by atomic mass is 9.99. The highest BCUT2D eigenvalue weighted by molar-refractivity contribution is 7.09. The van der Waals surface area contributed by atoms with Gasteiger partial charge in [-0.1, -0.05) is 30.3 Å². The summed E-state index contributed by atoms with van der Waals surface area (Å²) in [5, 5.41) is 6.41. The van der Waals surface area contributed by atoms with Crippen LogP contribution < -0.4 is 5.32 Å². The normalized spacial score (nSPS) is 15.5. The summed E-state index contributed by atoms with van der Waals surface area (Å²) in [5.74, 6) is 0.541. The maximum atomic E-state index is 12.7. The quantitative estimate of drug-likeness (QED) is 0.916. The number of amides is 1. The van der Waals surface area contributed by atoms with E-state index in [1.807, 2.05) is 35.4 Å². The highest BCUT2D eigenvalue weighted by Gasteiger charge is 2.22. The van der Waals surface area contributed by atoms with E-state index in [2.05, 4.69) is 22.4 Å². The van der Waals surface area contributed by atoms with Crippen LogP contribution in [0.2, 0.25) is 0 Å². The number of rotatable bonds is 5. The first kappa shape index (κ1) is 16.1. The Morgan fingerprint density at radius 3 is 2.74 bits per heavy atom. The van der Waals surface area contributed by atoms with Crippen LogP contribution in [0.4, 0.5) is 0 Å². The SMILES string of the molecule is CCN(Cc1ccccc1)C(=O)c1csc(C2CCNCC2)n1. The Hall–Kier alpha value is -1.72. The highest BCUT2D eigenvalue weighted by Crippen LogP contribution is 2.28. The van der Waals surface area contributed by atoms with Crippen LogP contribution in [0.3, 0.4) is 0 Å². The second-order valence-electron chi connectivity index (χ2n) is 5.90. The maximum Gasteiger partial charge on any atom is 0.273 e. The van der Waals surface area contributed by atoms with Gasteiger partial charge in [0.05, 0.1) is 5.01 Å². The van der Waals surface area contributed by atoms with Crippen molar-refractivity contribution in [2.45, 2.75) is 32.2 Å². The Labute approximate surface area is 141 Å². The third kappa shape index (κ3) is 3.98. The molecule has 23 heavy (non-hydrogen) atoms. The summed E-state index contributed by atoms with van der Waals surface area (Å²) < 4.78 is 0. The van der Waals surface area contributed by atoms with E-state index < -0.39 is 0 Å². The highest BCUT2D eigenvalue weighted by atomic mass is 32.1. The lowest BCUT2D eigenvalue weighted by Gasteiger charge is -2.21. The molecule has 2 aromatic rings. The van der Waals surface area contributed by atoms with Crippen molar-refractivity contribution in [3.63, 3.8) is 0 Å². The number of hydrogen-bond acceptors (Lipinski definition) is 4. The fourth-order valence-corrected chi connectivity index (χ4v) is 3.90. The Bertz CT molecular complexity index is 635.